The second kappa shape index (κ2) is 5.31. The fourth-order valence-electron chi connectivity index (χ4n) is 2.11. The first-order valence-corrected chi connectivity index (χ1v) is 7.18. The number of benzene rings is 2. The van der Waals surface area contributed by atoms with Crippen molar-refractivity contribution in [3.63, 3.8) is 0 Å². The fourth-order valence-corrected chi connectivity index (χ4v) is 2.54. The Morgan fingerprint density at radius 2 is 1.80 bits per heavy atom. The van der Waals surface area contributed by atoms with Crippen molar-refractivity contribution in [2.75, 3.05) is 5.73 Å². The molecule has 0 aliphatic heterocycles. The van der Waals surface area contributed by atoms with Crippen LogP contribution in [0.2, 0.25) is 5.02 Å². The number of aromatic amines is 1. The van der Waals surface area contributed by atoms with E-state index >= 15 is 0 Å². The highest BCUT2D eigenvalue weighted by molar-refractivity contribution is 9.10. The van der Waals surface area contributed by atoms with Gasteiger partial charge >= 0.3 is 0 Å². The number of nitrogens with zero attached hydrogens (tertiary/aromatic N) is 1. The number of anilines is 1. The Kier molecular flexibility index (Phi) is 3.51. The average Bonchev–Trinajstić information content (AvgIpc) is 2.85. The van der Waals surface area contributed by atoms with Crippen LogP contribution in [-0.4, -0.2) is 10.2 Å². The van der Waals surface area contributed by atoms with Crippen molar-refractivity contribution < 1.29 is 0 Å². The molecule has 0 saturated heterocycles. The Balaban J connectivity index is 2.18. The molecule has 0 aliphatic rings. The number of halogens is 2. The van der Waals surface area contributed by atoms with Crippen molar-refractivity contribution in [2.24, 2.45) is 0 Å². The second-order valence-electron chi connectivity index (χ2n) is 4.35. The van der Waals surface area contributed by atoms with E-state index in [1.54, 1.807) is 0 Å². The number of aromatic nitrogens is 2. The summed E-state index contributed by atoms with van der Waals surface area (Å²) in [6.45, 7) is 0. The summed E-state index contributed by atoms with van der Waals surface area (Å²) in [5.74, 6) is 0.477. The maximum atomic E-state index is 6.16. The summed E-state index contributed by atoms with van der Waals surface area (Å²) >= 11 is 9.54. The maximum absolute atomic E-state index is 6.16. The van der Waals surface area contributed by atoms with Crippen molar-refractivity contribution in [1.29, 1.82) is 0 Å². The number of rotatable bonds is 2. The zero-order valence-electron chi connectivity index (χ0n) is 10.4. The first-order valence-electron chi connectivity index (χ1n) is 6.01. The lowest BCUT2D eigenvalue weighted by atomic mass is 10.0. The minimum absolute atomic E-state index is 0.477. The van der Waals surface area contributed by atoms with Crippen molar-refractivity contribution in [3.8, 4) is 22.4 Å². The largest absolute Gasteiger partial charge is 0.382 e. The van der Waals surface area contributed by atoms with Crippen molar-refractivity contribution in [3.05, 3.63) is 58.0 Å². The summed E-state index contributed by atoms with van der Waals surface area (Å²) in [7, 11) is 0. The van der Waals surface area contributed by atoms with Crippen LogP contribution in [0, 0.1) is 0 Å². The summed E-state index contributed by atoms with van der Waals surface area (Å²) in [4.78, 5) is 0. The molecule has 3 N–H and O–H groups in total. The molecule has 0 unspecified atom stereocenters. The predicted octanol–water partition coefficient (Wildman–Crippen LogP) is 4.74. The molecule has 3 aromatic rings. The molecule has 0 atom stereocenters. The van der Waals surface area contributed by atoms with Gasteiger partial charge < -0.3 is 5.73 Å². The van der Waals surface area contributed by atoms with E-state index in [0.29, 0.717) is 10.8 Å². The van der Waals surface area contributed by atoms with E-state index in [0.717, 1.165) is 26.9 Å². The monoisotopic (exact) mass is 347 g/mol. The molecule has 0 saturated carbocycles. The zero-order valence-corrected chi connectivity index (χ0v) is 12.7. The number of hydrogen-bond acceptors (Lipinski definition) is 2. The Hall–Kier alpha value is -1.78. The van der Waals surface area contributed by atoms with Crippen molar-refractivity contribution in [2.45, 2.75) is 0 Å². The SMILES string of the molecule is Nc1n[nH]c(-c2ccc(Br)c(Cl)c2)c1-c1ccccc1. The normalized spacial score (nSPS) is 10.7. The second-order valence-corrected chi connectivity index (χ2v) is 5.62. The third-order valence-corrected chi connectivity index (χ3v) is 4.30. The average molecular weight is 349 g/mol. The van der Waals surface area contributed by atoms with E-state index in [-0.39, 0.29) is 0 Å². The molecule has 3 nitrogen and oxygen atoms in total. The number of hydrogen-bond donors (Lipinski definition) is 2. The number of H-pyrrole nitrogens is 1. The Bertz CT molecular complexity index is 753. The number of nitrogens with one attached hydrogen (secondary N) is 1. The van der Waals surface area contributed by atoms with Gasteiger partial charge in [0.25, 0.3) is 0 Å². The summed E-state index contributed by atoms with van der Waals surface area (Å²) in [5.41, 5.74) is 9.72. The minimum atomic E-state index is 0.477. The minimum Gasteiger partial charge on any atom is -0.382 e. The third kappa shape index (κ3) is 2.32. The van der Waals surface area contributed by atoms with Crippen LogP contribution < -0.4 is 5.73 Å². The molecule has 1 heterocycles. The highest BCUT2D eigenvalue weighted by atomic mass is 79.9. The van der Waals surface area contributed by atoms with Gasteiger partial charge in [-0.05, 0) is 33.6 Å². The predicted molar refractivity (Wildman–Crippen MR) is 86.6 cm³/mol. The van der Waals surface area contributed by atoms with E-state index < -0.39 is 0 Å². The van der Waals surface area contributed by atoms with Crippen LogP contribution in [0.1, 0.15) is 0 Å². The van der Waals surface area contributed by atoms with Gasteiger partial charge in [0.1, 0.15) is 0 Å². The van der Waals surface area contributed by atoms with Crippen LogP contribution in [0.4, 0.5) is 5.82 Å². The molecule has 1 aromatic heterocycles. The molecule has 3 rings (SSSR count). The first kappa shape index (κ1) is 13.2. The summed E-state index contributed by atoms with van der Waals surface area (Å²) in [6, 6.07) is 15.7. The van der Waals surface area contributed by atoms with Gasteiger partial charge in [0.2, 0.25) is 0 Å². The van der Waals surface area contributed by atoms with Gasteiger partial charge in [0.05, 0.1) is 16.3 Å². The molecule has 0 bridgehead atoms. The van der Waals surface area contributed by atoms with E-state index in [1.807, 2.05) is 48.5 Å². The Morgan fingerprint density at radius 1 is 1.05 bits per heavy atom. The summed E-state index contributed by atoms with van der Waals surface area (Å²) in [6.07, 6.45) is 0. The molecule has 0 fully saturated rings. The third-order valence-electron chi connectivity index (χ3n) is 3.07. The quantitative estimate of drug-likeness (QED) is 0.702. The van der Waals surface area contributed by atoms with Crippen molar-refractivity contribution >= 4 is 33.3 Å². The van der Waals surface area contributed by atoms with Gasteiger partial charge in [-0.15, -0.1) is 0 Å². The van der Waals surface area contributed by atoms with E-state index in [4.69, 9.17) is 17.3 Å². The van der Waals surface area contributed by atoms with Gasteiger partial charge in [-0.3, -0.25) is 5.10 Å². The van der Waals surface area contributed by atoms with Crippen LogP contribution in [-0.2, 0) is 0 Å². The van der Waals surface area contributed by atoms with Gasteiger partial charge in [0.15, 0.2) is 5.82 Å². The molecule has 5 heteroatoms. The standard InChI is InChI=1S/C15H11BrClN3/c16-11-7-6-10(8-12(11)17)14-13(15(18)20-19-14)9-4-2-1-3-5-9/h1-8H,(H3,18,19,20). The van der Waals surface area contributed by atoms with Gasteiger partial charge in [0, 0.05) is 10.0 Å². The van der Waals surface area contributed by atoms with Gasteiger partial charge in [-0.2, -0.15) is 5.10 Å². The first-order chi connectivity index (χ1) is 9.66. The summed E-state index contributed by atoms with van der Waals surface area (Å²) < 4.78 is 0.858. The molecule has 0 radical (unpaired) electrons. The lowest BCUT2D eigenvalue weighted by molar-refractivity contribution is 1.10. The molecular weight excluding hydrogens is 338 g/mol. The molecule has 100 valence electrons. The van der Waals surface area contributed by atoms with Gasteiger partial charge in [-0.1, -0.05) is 48.0 Å². The number of nitrogen functional groups attached to an aromatic ring is 1. The molecular formula is C15H11BrClN3. The van der Waals surface area contributed by atoms with Crippen LogP contribution in [0.5, 0.6) is 0 Å². The lowest BCUT2D eigenvalue weighted by Crippen LogP contribution is -1.88. The van der Waals surface area contributed by atoms with Crippen LogP contribution in [0.3, 0.4) is 0 Å². The fraction of sp³-hybridized carbons (Fsp3) is 0. The lowest BCUT2D eigenvalue weighted by Gasteiger charge is -2.06. The van der Waals surface area contributed by atoms with Gasteiger partial charge in [-0.25, -0.2) is 0 Å². The van der Waals surface area contributed by atoms with E-state index in [1.165, 1.54) is 0 Å². The molecule has 0 aliphatic carbocycles. The molecule has 0 spiro atoms. The van der Waals surface area contributed by atoms with Crippen molar-refractivity contribution in [1.82, 2.24) is 10.2 Å². The summed E-state index contributed by atoms with van der Waals surface area (Å²) in [5, 5.41) is 7.75. The number of nitrogens with two attached hydrogens (primary N) is 1. The molecule has 2 aromatic carbocycles. The van der Waals surface area contributed by atoms with E-state index in [9.17, 15) is 0 Å². The smallest absolute Gasteiger partial charge is 0.153 e. The van der Waals surface area contributed by atoms with Crippen LogP contribution in [0.25, 0.3) is 22.4 Å². The molecule has 0 amide bonds. The zero-order chi connectivity index (χ0) is 14.1. The van der Waals surface area contributed by atoms with Crippen LogP contribution >= 0.6 is 27.5 Å². The van der Waals surface area contributed by atoms with Crippen LogP contribution in [0.15, 0.2) is 53.0 Å². The van der Waals surface area contributed by atoms with E-state index in [2.05, 4.69) is 26.1 Å². The Labute approximate surface area is 129 Å². The maximum Gasteiger partial charge on any atom is 0.153 e. The highest BCUT2D eigenvalue weighted by Gasteiger charge is 2.15. The highest BCUT2D eigenvalue weighted by Crippen LogP contribution is 2.36. The molecule has 20 heavy (non-hydrogen) atoms. The Morgan fingerprint density at radius 3 is 2.50 bits per heavy atom. The topological polar surface area (TPSA) is 54.7 Å².